The Morgan fingerprint density at radius 3 is 2.47 bits per heavy atom. The van der Waals surface area contributed by atoms with Gasteiger partial charge in [-0.05, 0) is 36.5 Å². The Kier molecular flexibility index (Phi) is 3.11. The van der Waals surface area contributed by atoms with Gasteiger partial charge < -0.3 is 5.73 Å². The number of rotatable bonds is 3. The molecular formula is C17H20N2. The van der Waals surface area contributed by atoms with Gasteiger partial charge >= 0.3 is 0 Å². The van der Waals surface area contributed by atoms with Crippen molar-refractivity contribution < 1.29 is 0 Å². The van der Waals surface area contributed by atoms with Gasteiger partial charge in [-0.25, -0.2) is 0 Å². The van der Waals surface area contributed by atoms with Gasteiger partial charge in [-0.15, -0.1) is 0 Å². The summed E-state index contributed by atoms with van der Waals surface area (Å²) in [5, 5.41) is 0. The number of nitrogens with zero attached hydrogens (tertiary/aromatic N) is 1. The van der Waals surface area contributed by atoms with Crippen LogP contribution in [0.4, 0.5) is 0 Å². The third-order valence-electron chi connectivity index (χ3n) is 4.45. The van der Waals surface area contributed by atoms with Gasteiger partial charge in [0.05, 0.1) is 0 Å². The zero-order valence-corrected chi connectivity index (χ0v) is 11.3. The van der Waals surface area contributed by atoms with E-state index < -0.39 is 0 Å². The van der Waals surface area contributed by atoms with Crippen molar-refractivity contribution in [1.29, 1.82) is 0 Å². The van der Waals surface area contributed by atoms with Crippen LogP contribution < -0.4 is 5.73 Å². The topological polar surface area (TPSA) is 38.9 Å². The molecule has 1 unspecified atom stereocenters. The molecule has 0 amide bonds. The molecule has 1 aliphatic rings. The third-order valence-corrected chi connectivity index (χ3v) is 4.45. The van der Waals surface area contributed by atoms with Crippen molar-refractivity contribution in [2.45, 2.75) is 37.6 Å². The van der Waals surface area contributed by atoms with Crippen LogP contribution in [0.25, 0.3) is 0 Å². The van der Waals surface area contributed by atoms with Crippen molar-refractivity contribution in [2.75, 3.05) is 0 Å². The Labute approximate surface area is 114 Å². The highest BCUT2D eigenvalue weighted by molar-refractivity contribution is 5.35. The second-order valence-corrected chi connectivity index (χ2v) is 5.65. The second-order valence-electron chi connectivity index (χ2n) is 5.65. The monoisotopic (exact) mass is 252 g/mol. The van der Waals surface area contributed by atoms with Crippen LogP contribution in [0.3, 0.4) is 0 Å². The fraction of sp³-hybridized carbons (Fsp3) is 0.353. The number of nitrogens with two attached hydrogens (primary N) is 1. The summed E-state index contributed by atoms with van der Waals surface area (Å²) in [7, 11) is 0. The lowest BCUT2D eigenvalue weighted by atomic mass is 9.59. The molecule has 19 heavy (non-hydrogen) atoms. The summed E-state index contributed by atoms with van der Waals surface area (Å²) in [5.74, 6) is 0. The zero-order valence-electron chi connectivity index (χ0n) is 11.3. The number of pyridine rings is 1. The molecule has 1 heterocycles. The first-order valence-electron chi connectivity index (χ1n) is 6.95. The van der Waals surface area contributed by atoms with Crippen molar-refractivity contribution in [1.82, 2.24) is 4.98 Å². The summed E-state index contributed by atoms with van der Waals surface area (Å²) in [5.41, 5.74) is 10.4. The van der Waals surface area contributed by atoms with Crippen LogP contribution in [0.5, 0.6) is 0 Å². The number of benzene rings is 1. The van der Waals surface area contributed by atoms with Crippen LogP contribution in [0, 0.1) is 6.92 Å². The molecule has 1 aromatic heterocycles. The van der Waals surface area contributed by atoms with Crippen molar-refractivity contribution >= 4 is 0 Å². The molecule has 0 bridgehead atoms. The normalized spacial score (nSPS) is 18.6. The van der Waals surface area contributed by atoms with Crippen LogP contribution in [0.1, 0.15) is 42.0 Å². The van der Waals surface area contributed by atoms with E-state index in [0.717, 1.165) is 5.56 Å². The highest BCUT2D eigenvalue weighted by atomic mass is 14.7. The minimum absolute atomic E-state index is 0.0380. The average molecular weight is 252 g/mol. The third kappa shape index (κ3) is 2.06. The summed E-state index contributed by atoms with van der Waals surface area (Å²) < 4.78 is 0. The van der Waals surface area contributed by atoms with Crippen LogP contribution in [-0.4, -0.2) is 4.98 Å². The van der Waals surface area contributed by atoms with Crippen LogP contribution in [0.15, 0.2) is 48.8 Å². The Hall–Kier alpha value is -1.67. The van der Waals surface area contributed by atoms with Crippen molar-refractivity contribution in [3.63, 3.8) is 0 Å². The first-order chi connectivity index (χ1) is 9.22. The lowest BCUT2D eigenvalue weighted by Gasteiger charge is -2.47. The maximum atomic E-state index is 6.60. The van der Waals surface area contributed by atoms with Gasteiger partial charge in [-0.2, -0.15) is 0 Å². The molecule has 2 nitrogen and oxygen atoms in total. The Bertz CT molecular complexity index is 558. The van der Waals surface area contributed by atoms with Crippen LogP contribution in [-0.2, 0) is 5.41 Å². The van der Waals surface area contributed by atoms with E-state index >= 15 is 0 Å². The molecule has 2 heteroatoms. The molecule has 98 valence electrons. The fourth-order valence-corrected chi connectivity index (χ4v) is 3.17. The van der Waals surface area contributed by atoms with E-state index in [-0.39, 0.29) is 11.5 Å². The van der Waals surface area contributed by atoms with E-state index in [1.807, 2.05) is 12.4 Å². The molecule has 0 aliphatic heterocycles. The predicted octanol–water partition coefficient (Wildman–Crippen LogP) is 3.51. The molecule has 1 atom stereocenters. The Balaban J connectivity index is 1.99. The standard InChI is InChI=1S/C17H20N2/c1-13-10-14(12-19-11-13)16(18)17(8-5-9-17)15-6-3-2-4-7-15/h2-4,6-7,10-12,16H,5,8-9,18H2,1H3. The van der Waals surface area contributed by atoms with Gasteiger partial charge in [0.2, 0.25) is 0 Å². The van der Waals surface area contributed by atoms with E-state index in [4.69, 9.17) is 5.73 Å². The maximum Gasteiger partial charge on any atom is 0.0408 e. The highest BCUT2D eigenvalue weighted by Crippen LogP contribution is 2.50. The quantitative estimate of drug-likeness (QED) is 0.908. The summed E-state index contributed by atoms with van der Waals surface area (Å²) in [6.45, 7) is 2.07. The zero-order chi connectivity index (χ0) is 13.3. The molecule has 2 aromatic rings. The summed E-state index contributed by atoms with van der Waals surface area (Å²) in [6.07, 6.45) is 7.41. The largest absolute Gasteiger partial charge is 0.323 e. The Morgan fingerprint density at radius 1 is 1.16 bits per heavy atom. The van der Waals surface area contributed by atoms with E-state index in [2.05, 4.69) is 48.3 Å². The molecule has 1 saturated carbocycles. The van der Waals surface area contributed by atoms with Crippen molar-refractivity contribution in [2.24, 2.45) is 5.73 Å². The molecule has 1 aliphatic carbocycles. The number of hydrogen-bond acceptors (Lipinski definition) is 2. The lowest BCUT2D eigenvalue weighted by Crippen LogP contribution is -2.44. The maximum absolute atomic E-state index is 6.60. The summed E-state index contributed by atoms with van der Waals surface area (Å²) >= 11 is 0. The minimum atomic E-state index is 0.0380. The molecule has 0 spiro atoms. The first kappa shape index (κ1) is 12.4. The predicted molar refractivity (Wildman–Crippen MR) is 77.9 cm³/mol. The number of aromatic nitrogens is 1. The van der Waals surface area contributed by atoms with Crippen molar-refractivity contribution in [3.05, 3.63) is 65.5 Å². The number of hydrogen-bond donors (Lipinski definition) is 1. The highest BCUT2D eigenvalue weighted by Gasteiger charge is 2.44. The van der Waals surface area contributed by atoms with Crippen LogP contribution in [0.2, 0.25) is 0 Å². The van der Waals surface area contributed by atoms with Crippen molar-refractivity contribution in [3.8, 4) is 0 Å². The van der Waals surface area contributed by atoms with Crippen LogP contribution >= 0.6 is 0 Å². The molecule has 0 saturated heterocycles. The molecule has 1 fully saturated rings. The average Bonchev–Trinajstić information content (AvgIpc) is 2.38. The molecule has 1 aromatic carbocycles. The van der Waals surface area contributed by atoms with Gasteiger partial charge in [0.15, 0.2) is 0 Å². The van der Waals surface area contributed by atoms with Gasteiger partial charge in [-0.3, -0.25) is 4.98 Å². The minimum Gasteiger partial charge on any atom is -0.323 e. The van der Waals surface area contributed by atoms with E-state index in [0.29, 0.717) is 0 Å². The fourth-order valence-electron chi connectivity index (χ4n) is 3.17. The molecule has 0 radical (unpaired) electrons. The Morgan fingerprint density at radius 2 is 1.89 bits per heavy atom. The van der Waals surface area contributed by atoms with Gasteiger partial charge in [-0.1, -0.05) is 42.8 Å². The SMILES string of the molecule is Cc1cncc(C(N)C2(c3ccccc3)CCC2)c1. The number of aryl methyl sites for hydroxylation is 1. The smallest absolute Gasteiger partial charge is 0.0408 e. The molecule has 3 rings (SSSR count). The van der Waals surface area contributed by atoms with Gasteiger partial charge in [0.1, 0.15) is 0 Å². The van der Waals surface area contributed by atoms with E-state index in [9.17, 15) is 0 Å². The van der Waals surface area contributed by atoms with E-state index in [1.165, 1.54) is 30.4 Å². The second kappa shape index (κ2) is 4.78. The lowest BCUT2D eigenvalue weighted by molar-refractivity contribution is 0.196. The molecule has 2 N–H and O–H groups in total. The first-order valence-corrected chi connectivity index (χ1v) is 6.95. The molecular weight excluding hydrogens is 232 g/mol. The van der Waals surface area contributed by atoms with Gasteiger partial charge in [0.25, 0.3) is 0 Å². The van der Waals surface area contributed by atoms with Gasteiger partial charge in [0, 0.05) is 23.9 Å². The summed E-state index contributed by atoms with van der Waals surface area (Å²) in [4.78, 5) is 4.29. The summed E-state index contributed by atoms with van der Waals surface area (Å²) in [6, 6.07) is 12.9. The van der Waals surface area contributed by atoms with E-state index in [1.54, 1.807) is 0 Å².